The van der Waals surface area contributed by atoms with Crippen LogP contribution in [0.25, 0.3) is 0 Å². The summed E-state index contributed by atoms with van der Waals surface area (Å²) in [6.07, 6.45) is 5.16. The summed E-state index contributed by atoms with van der Waals surface area (Å²) in [5, 5.41) is 0. The minimum atomic E-state index is 0.551. The predicted octanol–water partition coefficient (Wildman–Crippen LogP) is 2.82. The SMILES string of the molecule is Cc1cccc(C=O)c1OCCc1ccncc1. The van der Waals surface area contributed by atoms with Crippen LogP contribution in [0, 0.1) is 6.92 Å². The third kappa shape index (κ3) is 2.94. The number of carbonyl (C=O) groups excluding carboxylic acids is 1. The fraction of sp³-hybridized carbons (Fsp3) is 0.200. The van der Waals surface area contributed by atoms with E-state index in [9.17, 15) is 4.79 Å². The number of nitrogens with zero attached hydrogens (tertiary/aromatic N) is 1. The highest BCUT2D eigenvalue weighted by atomic mass is 16.5. The van der Waals surface area contributed by atoms with Crippen LogP contribution in [0.1, 0.15) is 21.5 Å². The molecule has 18 heavy (non-hydrogen) atoms. The number of aryl methyl sites for hydroxylation is 1. The lowest BCUT2D eigenvalue weighted by Crippen LogP contribution is -2.04. The van der Waals surface area contributed by atoms with Crippen molar-refractivity contribution in [2.45, 2.75) is 13.3 Å². The van der Waals surface area contributed by atoms with Crippen molar-refractivity contribution in [1.82, 2.24) is 4.98 Å². The van der Waals surface area contributed by atoms with Gasteiger partial charge in [-0.3, -0.25) is 9.78 Å². The zero-order valence-corrected chi connectivity index (χ0v) is 10.3. The Kier molecular flexibility index (Phi) is 4.07. The number of hydrogen-bond donors (Lipinski definition) is 0. The van der Waals surface area contributed by atoms with E-state index in [0.717, 1.165) is 18.3 Å². The van der Waals surface area contributed by atoms with E-state index in [-0.39, 0.29) is 0 Å². The van der Waals surface area contributed by atoms with Gasteiger partial charge in [0.05, 0.1) is 12.2 Å². The van der Waals surface area contributed by atoms with Gasteiger partial charge in [-0.25, -0.2) is 0 Å². The molecule has 2 aromatic rings. The second-order valence-corrected chi connectivity index (χ2v) is 4.07. The molecule has 0 unspecified atom stereocenters. The number of ether oxygens (including phenoxy) is 1. The van der Waals surface area contributed by atoms with Gasteiger partial charge in [0, 0.05) is 18.8 Å². The van der Waals surface area contributed by atoms with Crippen molar-refractivity contribution in [1.29, 1.82) is 0 Å². The van der Waals surface area contributed by atoms with Gasteiger partial charge in [-0.2, -0.15) is 0 Å². The van der Waals surface area contributed by atoms with Gasteiger partial charge >= 0.3 is 0 Å². The fourth-order valence-corrected chi connectivity index (χ4v) is 1.79. The van der Waals surface area contributed by atoms with Gasteiger partial charge in [0.1, 0.15) is 5.75 Å². The van der Waals surface area contributed by atoms with Gasteiger partial charge in [-0.15, -0.1) is 0 Å². The Hall–Kier alpha value is -2.16. The molecule has 3 heteroatoms. The fourth-order valence-electron chi connectivity index (χ4n) is 1.79. The summed E-state index contributed by atoms with van der Waals surface area (Å²) < 4.78 is 5.71. The largest absolute Gasteiger partial charge is 0.492 e. The average molecular weight is 241 g/mol. The first kappa shape index (κ1) is 12.3. The second kappa shape index (κ2) is 5.96. The Morgan fingerprint density at radius 3 is 2.72 bits per heavy atom. The van der Waals surface area contributed by atoms with Gasteiger partial charge in [0.25, 0.3) is 0 Å². The molecule has 0 spiro atoms. The van der Waals surface area contributed by atoms with Gasteiger partial charge in [0.15, 0.2) is 6.29 Å². The van der Waals surface area contributed by atoms with E-state index in [0.29, 0.717) is 17.9 Å². The van der Waals surface area contributed by atoms with E-state index in [1.165, 1.54) is 5.56 Å². The van der Waals surface area contributed by atoms with Crippen LogP contribution in [0.15, 0.2) is 42.7 Å². The second-order valence-electron chi connectivity index (χ2n) is 4.07. The van der Waals surface area contributed by atoms with E-state index in [1.807, 2.05) is 31.2 Å². The Morgan fingerprint density at radius 1 is 1.22 bits per heavy atom. The molecule has 92 valence electrons. The summed E-state index contributed by atoms with van der Waals surface area (Å²) in [7, 11) is 0. The summed E-state index contributed by atoms with van der Waals surface area (Å²) >= 11 is 0. The molecule has 1 heterocycles. The van der Waals surface area contributed by atoms with Crippen molar-refractivity contribution < 1.29 is 9.53 Å². The van der Waals surface area contributed by atoms with Crippen molar-refractivity contribution in [2.75, 3.05) is 6.61 Å². The number of hydrogen-bond acceptors (Lipinski definition) is 3. The molecule has 0 radical (unpaired) electrons. The maximum absolute atomic E-state index is 10.9. The third-order valence-electron chi connectivity index (χ3n) is 2.76. The highest BCUT2D eigenvalue weighted by Crippen LogP contribution is 2.21. The molecule has 0 aliphatic carbocycles. The van der Waals surface area contributed by atoms with Crippen molar-refractivity contribution in [2.24, 2.45) is 0 Å². The number of pyridine rings is 1. The molecule has 0 bridgehead atoms. The Labute approximate surface area is 106 Å². The van der Waals surface area contributed by atoms with Gasteiger partial charge in [-0.1, -0.05) is 12.1 Å². The maximum atomic E-state index is 10.9. The number of rotatable bonds is 5. The molecule has 3 nitrogen and oxygen atoms in total. The quantitative estimate of drug-likeness (QED) is 0.756. The molecular weight excluding hydrogens is 226 g/mol. The molecule has 0 N–H and O–H groups in total. The third-order valence-corrected chi connectivity index (χ3v) is 2.76. The Morgan fingerprint density at radius 2 is 2.00 bits per heavy atom. The molecular formula is C15H15NO2. The van der Waals surface area contributed by atoms with Crippen molar-refractivity contribution in [3.8, 4) is 5.75 Å². The van der Waals surface area contributed by atoms with Crippen molar-refractivity contribution in [3.05, 3.63) is 59.4 Å². The van der Waals surface area contributed by atoms with Crippen LogP contribution in [0.4, 0.5) is 0 Å². The molecule has 2 rings (SSSR count). The molecule has 0 saturated heterocycles. The van der Waals surface area contributed by atoms with Crippen LogP contribution in [-0.2, 0) is 6.42 Å². The number of aldehydes is 1. The van der Waals surface area contributed by atoms with Crippen LogP contribution in [0.3, 0.4) is 0 Å². The van der Waals surface area contributed by atoms with Crippen LogP contribution >= 0.6 is 0 Å². The van der Waals surface area contributed by atoms with E-state index >= 15 is 0 Å². The van der Waals surface area contributed by atoms with Crippen LogP contribution in [0.5, 0.6) is 5.75 Å². The van der Waals surface area contributed by atoms with Gasteiger partial charge in [-0.05, 0) is 36.2 Å². The molecule has 0 aliphatic heterocycles. The topological polar surface area (TPSA) is 39.2 Å². The van der Waals surface area contributed by atoms with Crippen LogP contribution in [-0.4, -0.2) is 17.9 Å². The lowest BCUT2D eigenvalue weighted by atomic mass is 10.1. The van der Waals surface area contributed by atoms with Gasteiger partial charge in [0.2, 0.25) is 0 Å². The molecule has 0 atom stereocenters. The number of carbonyl (C=O) groups is 1. The molecule has 0 fully saturated rings. The average Bonchev–Trinajstić information content (AvgIpc) is 2.41. The Bertz CT molecular complexity index is 523. The smallest absolute Gasteiger partial charge is 0.153 e. The summed E-state index contributed by atoms with van der Waals surface area (Å²) in [6, 6.07) is 9.48. The maximum Gasteiger partial charge on any atom is 0.153 e. The monoisotopic (exact) mass is 241 g/mol. The van der Waals surface area contributed by atoms with Crippen LogP contribution < -0.4 is 4.74 Å². The molecule has 0 amide bonds. The zero-order valence-electron chi connectivity index (χ0n) is 10.3. The van der Waals surface area contributed by atoms with Crippen molar-refractivity contribution in [3.63, 3.8) is 0 Å². The Balaban J connectivity index is 2.00. The highest BCUT2D eigenvalue weighted by molar-refractivity contribution is 5.80. The lowest BCUT2D eigenvalue weighted by Gasteiger charge is -2.11. The normalized spacial score (nSPS) is 10.1. The van der Waals surface area contributed by atoms with E-state index in [4.69, 9.17) is 4.74 Å². The summed E-state index contributed by atoms with van der Waals surface area (Å²) in [5.41, 5.74) is 2.75. The number of benzene rings is 1. The van der Waals surface area contributed by atoms with E-state index in [1.54, 1.807) is 18.5 Å². The molecule has 1 aromatic carbocycles. The van der Waals surface area contributed by atoms with E-state index < -0.39 is 0 Å². The lowest BCUT2D eigenvalue weighted by molar-refractivity contribution is 0.111. The number of para-hydroxylation sites is 1. The highest BCUT2D eigenvalue weighted by Gasteiger charge is 2.05. The summed E-state index contributed by atoms with van der Waals surface area (Å²) in [6.45, 7) is 2.49. The summed E-state index contributed by atoms with van der Waals surface area (Å²) in [5.74, 6) is 0.682. The molecule has 0 aliphatic rings. The van der Waals surface area contributed by atoms with Crippen molar-refractivity contribution >= 4 is 6.29 Å². The summed E-state index contributed by atoms with van der Waals surface area (Å²) in [4.78, 5) is 14.9. The predicted molar refractivity (Wildman–Crippen MR) is 70.0 cm³/mol. The first-order valence-electron chi connectivity index (χ1n) is 5.88. The molecule has 0 saturated carbocycles. The molecule has 1 aromatic heterocycles. The first-order valence-corrected chi connectivity index (χ1v) is 5.88. The standard InChI is InChI=1S/C15H15NO2/c1-12-3-2-4-14(11-17)15(12)18-10-7-13-5-8-16-9-6-13/h2-6,8-9,11H,7,10H2,1H3. The van der Waals surface area contributed by atoms with Gasteiger partial charge < -0.3 is 4.74 Å². The minimum absolute atomic E-state index is 0.551. The first-order chi connectivity index (χ1) is 8.81. The number of aromatic nitrogens is 1. The van der Waals surface area contributed by atoms with E-state index in [2.05, 4.69) is 4.98 Å². The van der Waals surface area contributed by atoms with Crippen LogP contribution in [0.2, 0.25) is 0 Å². The zero-order chi connectivity index (χ0) is 12.8. The minimum Gasteiger partial charge on any atom is -0.492 e.